The highest BCUT2D eigenvalue weighted by molar-refractivity contribution is 5.46. The third kappa shape index (κ3) is 3.48. The summed E-state index contributed by atoms with van der Waals surface area (Å²) in [6, 6.07) is 12.0. The Morgan fingerprint density at radius 3 is 2.58 bits per heavy atom. The fraction of sp³-hybridized carbons (Fsp3) is 0.625. The number of anilines is 1. The van der Waals surface area contributed by atoms with Gasteiger partial charge in [-0.05, 0) is 43.7 Å². The first-order valence-corrected chi connectivity index (χ1v) is 7.52. The molecule has 2 N–H and O–H groups in total. The van der Waals surface area contributed by atoms with Crippen LogP contribution in [0.3, 0.4) is 0 Å². The zero-order chi connectivity index (χ0) is 13.1. The first-order chi connectivity index (χ1) is 9.35. The van der Waals surface area contributed by atoms with Gasteiger partial charge in [0.15, 0.2) is 0 Å². The summed E-state index contributed by atoms with van der Waals surface area (Å²) in [5, 5.41) is 13.0. The van der Waals surface area contributed by atoms with Gasteiger partial charge in [0.1, 0.15) is 0 Å². The molecule has 2 atom stereocenters. The van der Waals surface area contributed by atoms with Crippen LogP contribution in [0.5, 0.6) is 0 Å². The van der Waals surface area contributed by atoms with Crippen molar-refractivity contribution in [3.8, 4) is 0 Å². The molecule has 1 saturated carbocycles. The maximum Gasteiger partial charge on any atom is 0.0434 e. The number of para-hydroxylation sites is 1. The van der Waals surface area contributed by atoms with Gasteiger partial charge in [0.2, 0.25) is 0 Å². The Labute approximate surface area is 115 Å². The van der Waals surface area contributed by atoms with Crippen LogP contribution in [0.4, 0.5) is 5.69 Å². The van der Waals surface area contributed by atoms with Gasteiger partial charge >= 0.3 is 0 Å². The van der Waals surface area contributed by atoms with E-state index in [4.69, 9.17) is 0 Å². The molecule has 2 fully saturated rings. The normalized spacial score (nSPS) is 27.5. The third-order valence-corrected chi connectivity index (χ3v) is 4.24. The first-order valence-electron chi connectivity index (χ1n) is 7.52. The SMILES string of the molecule is OCCC1CC(NC2CC2)CN(c2ccccc2)C1. The molecule has 3 rings (SSSR count). The number of piperidine rings is 1. The molecule has 3 heteroatoms. The van der Waals surface area contributed by atoms with Crippen LogP contribution in [0.2, 0.25) is 0 Å². The maximum absolute atomic E-state index is 9.22. The van der Waals surface area contributed by atoms with Crippen molar-refractivity contribution in [1.82, 2.24) is 5.32 Å². The van der Waals surface area contributed by atoms with Gasteiger partial charge in [-0.15, -0.1) is 0 Å². The molecule has 19 heavy (non-hydrogen) atoms. The van der Waals surface area contributed by atoms with E-state index in [-0.39, 0.29) is 0 Å². The summed E-state index contributed by atoms with van der Waals surface area (Å²) in [5.41, 5.74) is 1.31. The van der Waals surface area contributed by atoms with Crippen LogP contribution in [0.1, 0.15) is 25.7 Å². The van der Waals surface area contributed by atoms with Crippen LogP contribution in [0, 0.1) is 5.92 Å². The quantitative estimate of drug-likeness (QED) is 0.850. The van der Waals surface area contributed by atoms with E-state index in [1.807, 2.05) is 0 Å². The van der Waals surface area contributed by atoms with Crippen molar-refractivity contribution in [3.05, 3.63) is 30.3 Å². The Kier molecular flexibility index (Phi) is 4.04. The second kappa shape index (κ2) is 5.93. The van der Waals surface area contributed by atoms with Gasteiger partial charge in [0, 0.05) is 37.5 Å². The number of benzene rings is 1. The van der Waals surface area contributed by atoms with Crippen molar-refractivity contribution in [1.29, 1.82) is 0 Å². The number of hydrogen-bond acceptors (Lipinski definition) is 3. The summed E-state index contributed by atoms with van der Waals surface area (Å²) in [4.78, 5) is 2.48. The van der Waals surface area contributed by atoms with Crippen LogP contribution in [-0.2, 0) is 0 Å². The van der Waals surface area contributed by atoms with Crippen molar-refractivity contribution in [3.63, 3.8) is 0 Å². The standard InChI is InChI=1S/C16H24N2O/c19-9-8-13-10-15(17-14-6-7-14)12-18(11-13)16-4-2-1-3-5-16/h1-5,13-15,17,19H,6-12H2. The smallest absolute Gasteiger partial charge is 0.0434 e. The zero-order valence-electron chi connectivity index (χ0n) is 11.5. The molecule has 2 unspecified atom stereocenters. The number of hydrogen-bond donors (Lipinski definition) is 2. The molecule has 0 spiro atoms. The predicted octanol–water partition coefficient (Wildman–Crippen LogP) is 2.02. The molecule has 2 aliphatic rings. The van der Waals surface area contributed by atoms with Gasteiger partial charge in [-0.25, -0.2) is 0 Å². The maximum atomic E-state index is 9.22. The van der Waals surface area contributed by atoms with Crippen LogP contribution in [0.25, 0.3) is 0 Å². The van der Waals surface area contributed by atoms with Crippen molar-refractivity contribution in [2.45, 2.75) is 37.8 Å². The average molecular weight is 260 g/mol. The van der Waals surface area contributed by atoms with Gasteiger partial charge in [0.05, 0.1) is 0 Å². The lowest BCUT2D eigenvalue weighted by molar-refractivity contribution is 0.230. The van der Waals surface area contributed by atoms with Gasteiger partial charge in [-0.2, -0.15) is 0 Å². The van der Waals surface area contributed by atoms with E-state index in [9.17, 15) is 5.11 Å². The minimum atomic E-state index is 0.309. The van der Waals surface area contributed by atoms with Crippen molar-refractivity contribution < 1.29 is 5.11 Å². The predicted molar refractivity (Wildman–Crippen MR) is 78.4 cm³/mol. The number of nitrogens with zero attached hydrogens (tertiary/aromatic N) is 1. The molecule has 1 aliphatic carbocycles. The van der Waals surface area contributed by atoms with Crippen LogP contribution >= 0.6 is 0 Å². The minimum Gasteiger partial charge on any atom is -0.396 e. The van der Waals surface area contributed by atoms with E-state index in [2.05, 4.69) is 40.5 Å². The Bertz CT molecular complexity index is 391. The molecule has 104 valence electrons. The highest BCUT2D eigenvalue weighted by Gasteiger charge is 2.31. The Morgan fingerprint density at radius 2 is 1.89 bits per heavy atom. The first kappa shape index (κ1) is 12.9. The highest BCUT2D eigenvalue weighted by atomic mass is 16.3. The van der Waals surface area contributed by atoms with Crippen LogP contribution < -0.4 is 10.2 Å². The largest absolute Gasteiger partial charge is 0.396 e. The average Bonchev–Trinajstić information content (AvgIpc) is 3.24. The number of aliphatic hydroxyl groups excluding tert-OH is 1. The van der Waals surface area contributed by atoms with E-state index in [1.54, 1.807) is 0 Å². The monoisotopic (exact) mass is 260 g/mol. The number of nitrogens with one attached hydrogen (secondary N) is 1. The summed E-state index contributed by atoms with van der Waals surface area (Å²) in [7, 11) is 0. The zero-order valence-corrected chi connectivity index (χ0v) is 11.5. The van der Waals surface area contributed by atoms with E-state index in [0.29, 0.717) is 18.6 Å². The van der Waals surface area contributed by atoms with Crippen molar-refractivity contribution in [2.75, 3.05) is 24.6 Å². The van der Waals surface area contributed by atoms with Crippen LogP contribution in [0.15, 0.2) is 30.3 Å². The molecular weight excluding hydrogens is 236 g/mol. The minimum absolute atomic E-state index is 0.309. The second-order valence-electron chi connectivity index (χ2n) is 5.99. The summed E-state index contributed by atoms with van der Waals surface area (Å²) >= 11 is 0. The molecule has 0 bridgehead atoms. The number of rotatable bonds is 5. The molecular formula is C16H24N2O. The third-order valence-electron chi connectivity index (χ3n) is 4.24. The van der Waals surface area contributed by atoms with E-state index >= 15 is 0 Å². The molecule has 1 aliphatic heterocycles. The van der Waals surface area contributed by atoms with Gasteiger partial charge in [0.25, 0.3) is 0 Å². The number of aliphatic hydroxyl groups is 1. The Balaban J connectivity index is 1.67. The van der Waals surface area contributed by atoms with E-state index in [1.165, 1.54) is 24.9 Å². The summed E-state index contributed by atoms with van der Waals surface area (Å²) in [5.74, 6) is 0.607. The molecule has 3 nitrogen and oxygen atoms in total. The summed E-state index contributed by atoms with van der Waals surface area (Å²) in [6.45, 7) is 2.49. The molecule has 0 aromatic heterocycles. The molecule has 1 aromatic rings. The molecule has 1 aromatic carbocycles. The van der Waals surface area contributed by atoms with Gasteiger partial charge < -0.3 is 15.3 Å². The Morgan fingerprint density at radius 1 is 1.11 bits per heavy atom. The summed E-state index contributed by atoms with van der Waals surface area (Å²) < 4.78 is 0. The summed E-state index contributed by atoms with van der Waals surface area (Å²) in [6.07, 6.45) is 4.81. The molecule has 0 amide bonds. The lowest BCUT2D eigenvalue weighted by Gasteiger charge is -2.39. The van der Waals surface area contributed by atoms with Gasteiger partial charge in [-0.1, -0.05) is 18.2 Å². The molecule has 1 heterocycles. The van der Waals surface area contributed by atoms with Crippen molar-refractivity contribution in [2.24, 2.45) is 5.92 Å². The van der Waals surface area contributed by atoms with Crippen LogP contribution in [-0.4, -0.2) is 36.9 Å². The Hall–Kier alpha value is -1.06. The van der Waals surface area contributed by atoms with Crippen molar-refractivity contribution >= 4 is 5.69 Å². The fourth-order valence-corrected chi connectivity index (χ4v) is 3.15. The fourth-order valence-electron chi connectivity index (χ4n) is 3.15. The van der Waals surface area contributed by atoms with E-state index < -0.39 is 0 Å². The lowest BCUT2D eigenvalue weighted by Crippen LogP contribution is -2.50. The topological polar surface area (TPSA) is 35.5 Å². The van der Waals surface area contributed by atoms with E-state index in [0.717, 1.165) is 25.6 Å². The highest BCUT2D eigenvalue weighted by Crippen LogP contribution is 2.27. The molecule has 1 saturated heterocycles. The second-order valence-corrected chi connectivity index (χ2v) is 5.99. The molecule has 0 radical (unpaired) electrons. The lowest BCUT2D eigenvalue weighted by atomic mass is 9.91. The van der Waals surface area contributed by atoms with Gasteiger partial charge in [-0.3, -0.25) is 0 Å².